The van der Waals surface area contributed by atoms with E-state index in [2.05, 4.69) is 10.7 Å². The lowest BCUT2D eigenvalue weighted by molar-refractivity contribution is -0.159. The summed E-state index contributed by atoms with van der Waals surface area (Å²) in [5.74, 6) is -6.00. The first-order valence-corrected chi connectivity index (χ1v) is 13.7. The van der Waals surface area contributed by atoms with Crippen molar-refractivity contribution < 1.29 is 52.8 Å². The molecule has 0 saturated heterocycles. The minimum absolute atomic E-state index is 0.0539. The molecule has 0 saturated carbocycles. The van der Waals surface area contributed by atoms with Gasteiger partial charge in [-0.1, -0.05) is 32.9 Å². The first kappa shape index (κ1) is 34.6. The van der Waals surface area contributed by atoms with Gasteiger partial charge in [0.15, 0.2) is 0 Å². The Morgan fingerprint density at radius 1 is 0.674 bits per heavy atom. The van der Waals surface area contributed by atoms with Gasteiger partial charge in [-0.05, 0) is 60.7 Å². The number of hydrazine groups is 1. The highest BCUT2D eigenvalue weighted by atomic mass is 16.6. The summed E-state index contributed by atoms with van der Waals surface area (Å²) >= 11 is 0. The summed E-state index contributed by atoms with van der Waals surface area (Å²) in [5.41, 5.74) is 3.72. The zero-order valence-corrected chi connectivity index (χ0v) is 25.6. The fraction of sp³-hybridized carbons (Fsp3) is 0.250. The van der Waals surface area contributed by atoms with Crippen LogP contribution in [0.1, 0.15) is 51.8 Å². The van der Waals surface area contributed by atoms with Crippen LogP contribution in [0.15, 0.2) is 72.8 Å². The van der Waals surface area contributed by atoms with Crippen LogP contribution >= 0.6 is 0 Å². The van der Waals surface area contributed by atoms with Gasteiger partial charge < -0.3 is 29.4 Å². The van der Waals surface area contributed by atoms with Gasteiger partial charge in [0.1, 0.15) is 11.5 Å². The lowest BCUT2D eigenvalue weighted by atomic mass is 9.95. The van der Waals surface area contributed by atoms with Gasteiger partial charge in [0.05, 0.1) is 25.3 Å². The Morgan fingerprint density at radius 2 is 1.17 bits per heavy atom. The molecular weight excluding hydrogens is 602 g/mol. The van der Waals surface area contributed by atoms with Crippen LogP contribution in [0.2, 0.25) is 0 Å². The maximum Gasteiger partial charge on any atom is 0.349 e. The largest absolute Gasteiger partial charge is 0.497 e. The summed E-state index contributed by atoms with van der Waals surface area (Å²) in [7, 11) is 2.72. The molecule has 0 aromatic heterocycles. The van der Waals surface area contributed by atoms with Crippen molar-refractivity contribution in [3.05, 3.63) is 89.5 Å². The van der Waals surface area contributed by atoms with E-state index in [-0.39, 0.29) is 34.1 Å². The topological polar surface area (TPSA) is 196 Å². The predicted octanol–water partition coefficient (Wildman–Crippen LogP) is 2.99. The molecule has 0 aliphatic rings. The third-order valence-electron chi connectivity index (χ3n) is 6.24. The van der Waals surface area contributed by atoms with Crippen LogP contribution in [0.4, 0.5) is 5.69 Å². The fourth-order valence-electron chi connectivity index (χ4n) is 3.65. The number of hydrogen-bond acceptors (Lipinski definition) is 10. The highest BCUT2D eigenvalue weighted by Gasteiger charge is 2.41. The molecule has 0 bridgehead atoms. The second-order valence-corrected chi connectivity index (χ2v) is 10.7. The van der Waals surface area contributed by atoms with Crippen molar-refractivity contribution in [3.63, 3.8) is 0 Å². The molecule has 0 aliphatic carbocycles. The molecule has 14 nitrogen and oxygen atoms in total. The molecule has 3 rings (SSSR count). The van der Waals surface area contributed by atoms with E-state index < -0.39 is 47.3 Å². The normalized spacial score (nSPS) is 12.0. The molecule has 4 N–H and O–H groups in total. The van der Waals surface area contributed by atoms with E-state index in [9.17, 15) is 33.9 Å². The van der Waals surface area contributed by atoms with E-state index in [0.717, 1.165) is 0 Å². The van der Waals surface area contributed by atoms with Gasteiger partial charge in [-0.25, -0.2) is 14.4 Å². The Hall–Kier alpha value is -5.92. The van der Waals surface area contributed by atoms with E-state index >= 15 is 0 Å². The standard InChI is InChI=1S/C32H33N3O11/c1-32(2,3)31(42)33-21-14-12-18(13-15-21)26(36)34-35-27(37)24(45-29(40)19-8-6-10-22(16-19)43-4)25(28(38)39)46-30(41)20-9-7-11-23(17-20)44-5/h6-17,24-25H,1-5H3,(H,33,42)(H,34,36)(H,35,37)(H,38,39)/t24-,25+/m0/s1. The van der Waals surface area contributed by atoms with E-state index in [1.54, 1.807) is 20.8 Å². The number of carboxylic acids is 1. The summed E-state index contributed by atoms with van der Waals surface area (Å²) in [6, 6.07) is 16.9. The summed E-state index contributed by atoms with van der Waals surface area (Å²) in [6.45, 7) is 5.22. The van der Waals surface area contributed by atoms with Crippen molar-refractivity contribution >= 4 is 41.3 Å². The Morgan fingerprint density at radius 3 is 1.63 bits per heavy atom. The highest BCUT2D eigenvalue weighted by Crippen LogP contribution is 2.20. The Balaban J connectivity index is 1.82. The number of aliphatic carboxylic acids is 1. The number of nitrogens with one attached hydrogen (secondary N) is 3. The number of carbonyl (C=O) groups is 6. The number of esters is 2. The number of benzene rings is 3. The third kappa shape index (κ3) is 9.29. The van der Waals surface area contributed by atoms with Crippen LogP contribution in [-0.4, -0.2) is 67.2 Å². The predicted molar refractivity (Wildman–Crippen MR) is 162 cm³/mol. The van der Waals surface area contributed by atoms with E-state index in [1.807, 2.05) is 5.43 Å². The molecule has 3 amide bonds. The third-order valence-corrected chi connectivity index (χ3v) is 6.24. The van der Waals surface area contributed by atoms with Crippen molar-refractivity contribution in [2.45, 2.75) is 33.0 Å². The van der Waals surface area contributed by atoms with Gasteiger partial charge in [0.25, 0.3) is 11.8 Å². The number of methoxy groups -OCH3 is 2. The van der Waals surface area contributed by atoms with E-state index in [0.29, 0.717) is 5.69 Å². The molecule has 46 heavy (non-hydrogen) atoms. The summed E-state index contributed by atoms with van der Waals surface area (Å²) < 4.78 is 20.5. The molecule has 0 heterocycles. The molecule has 0 unspecified atom stereocenters. The summed E-state index contributed by atoms with van der Waals surface area (Å²) in [6.07, 6.45) is -4.63. The molecule has 3 aromatic rings. The molecule has 0 spiro atoms. The monoisotopic (exact) mass is 635 g/mol. The number of rotatable bonds is 11. The van der Waals surface area contributed by atoms with Crippen LogP contribution < -0.4 is 25.6 Å². The second kappa shape index (κ2) is 15.2. The van der Waals surface area contributed by atoms with Crippen molar-refractivity contribution in [2.24, 2.45) is 5.41 Å². The zero-order chi connectivity index (χ0) is 34.0. The Bertz CT molecular complexity index is 1610. The fourth-order valence-corrected chi connectivity index (χ4v) is 3.65. The molecular formula is C32H33N3O11. The first-order valence-electron chi connectivity index (χ1n) is 13.7. The molecule has 0 fully saturated rings. The van der Waals surface area contributed by atoms with Gasteiger partial charge in [-0.3, -0.25) is 25.2 Å². The molecule has 0 aliphatic heterocycles. The van der Waals surface area contributed by atoms with Crippen LogP contribution in [0.3, 0.4) is 0 Å². The summed E-state index contributed by atoms with van der Waals surface area (Å²) in [5, 5.41) is 12.6. The Labute approximate surface area is 263 Å². The van der Waals surface area contributed by atoms with Gasteiger partial charge in [0, 0.05) is 16.7 Å². The Kier molecular flexibility index (Phi) is 11.4. The molecule has 0 radical (unpaired) electrons. The number of hydrogen-bond donors (Lipinski definition) is 4. The highest BCUT2D eigenvalue weighted by molar-refractivity contribution is 6.00. The van der Waals surface area contributed by atoms with Gasteiger partial charge >= 0.3 is 17.9 Å². The summed E-state index contributed by atoms with van der Waals surface area (Å²) in [4.78, 5) is 76.4. The van der Waals surface area contributed by atoms with Crippen LogP contribution in [0.25, 0.3) is 0 Å². The van der Waals surface area contributed by atoms with Crippen molar-refractivity contribution in [2.75, 3.05) is 19.5 Å². The molecule has 2 atom stereocenters. The number of carbonyl (C=O) groups excluding carboxylic acids is 5. The minimum atomic E-state index is -2.35. The van der Waals surface area contributed by atoms with Crippen molar-refractivity contribution in [1.82, 2.24) is 10.9 Å². The number of carboxylic acid groups (broad SMARTS) is 1. The van der Waals surface area contributed by atoms with Gasteiger partial charge in [0.2, 0.25) is 18.1 Å². The minimum Gasteiger partial charge on any atom is -0.497 e. The van der Waals surface area contributed by atoms with E-state index in [4.69, 9.17) is 18.9 Å². The number of ether oxygens (including phenoxy) is 4. The second-order valence-electron chi connectivity index (χ2n) is 10.7. The van der Waals surface area contributed by atoms with Crippen LogP contribution in [0.5, 0.6) is 11.5 Å². The average molecular weight is 636 g/mol. The van der Waals surface area contributed by atoms with Crippen molar-refractivity contribution in [3.8, 4) is 11.5 Å². The number of amides is 3. The lowest BCUT2D eigenvalue weighted by Gasteiger charge is -2.23. The maximum atomic E-state index is 13.3. The van der Waals surface area contributed by atoms with Crippen LogP contribution in [0, 0.1) is 5.41 Å². The molecule has 242 valence electrons. The maximum absolute atomic E-state index is 13.3. The quantitative estimate of drug-likeness (QED) is 0.179. The van der Waals surface area contributed by atoms with Crippen molar-refractivity contribution in [1.29, 1.82) is 0 Å². The van der Waals surface area contributed by atoms with Gasteiger partial charge in [-0.15, -0.1) is 0 Å². The smallest absolute Gasteiger partial charge is 0.349 e. The first-order chi connectivity index (χ1) is 21.7. The van der Waals surface area contributed by atoms with Crippen LogP contribution in [-0.2, 0) is 23.9 Å². The lowest BCUT2D eigenvalue weighted by Crippen LogP contribution is -2.54. The average Bonchev–Trinajstić information content (AvgIpc) is 3.04. The van der Waals surface area contributed by atoms with E-state index in [1.165, 1.54) is 87.0 Å². The number of anilines is 1. The molecule has 3 aromatic carbocycles. The zero-order valence-electron chi connectivity index (χ0n) is 25.6. The van der Waals surface area contributed by atoms with Gasteiger partial charge in [-0.2, -0.15) is 0 Å². The molecule has 14 heteroatoms. The SMILES string of the molecule is COc1cccc(C(=O)O[C@H](C(=O)NNC(=O)c2ccc(NC(=O)C(C)(C)C)cc2)[C@@H](OC(=O)c2cccc(OC)c2)C(=O)O)c1.